The van der Waals surface area contributed by atoms with Crippen LogP contribution in [0.4, 0.5) is 0 Å². The summed E-state index contributed by atoms with van der Waals surface area (Å²) in [6, 6.07) is 8.34. The van der Waals surface area contributed by atoms with Gasteiger partial charge in [-0.2, -0.15) is 0 Å². The van der Waals surface area contributed by atoms with Crippen LogP contribution in [0.5, 0.6) is 5.75 Å². The molecule has 2 heteroatoms. The Morgan fingerprint density at radius 2 is 1.85 bits per heavy atom. The average molecular weight is 275 g/mol. The first-order valence-corrected chi connectivity index (χ1v) is 7.98. The molecule has 1 fully saturated rings. The van der Waals surface area contributed by atoms with Crippen molar-refractivity contribution < 1.29 is 4.74 Å². The Kier molecular flexibility index (Phi) is 4.74. The van der Waals surface area contributed by atoms with Crippen molar-refractivity contribution in [3.8, 4) is 5.75 Å². The van der Waals surface area contributed by atoms with Crippen molar-refractivity contribution in [2.75, 3.05) is 6.61 Å². The molecule has 2 N–H and O–H groups in total. The zero-order chi connectivity index (χ0) is 14.6. The molecule has 112 valence electrons. The van der Waals surface area contributed by atoms with E-state index >= 15 is 0 Å². The van der Waals surface area contributed by atoms with Crippen molar-refractivity contribution in [3.05, 3.63) is 29.8 Å². The highest BCUT2D eigenvalue weighted by Crippen LogP contribution is 2.43. The maximum Gasteiger partial charge on any atom is 0.124 e. The van der Waals surface area contributed by atoms with Crippen LogP contribution in [0.1, 0.15) is 64.9 Å². The van der Waals surface area contributed by atoms with E-state index in [1.807, 2.05) is 6.07 Å². The van der Waals surface area contributed by atoms with E-state index in [2.05, 4.69) is 39.0 Å². The molecule has 0 radical (unpaired) electrons. The number of benzene rings is 1. The Labute approximate surface area is 123 Å². The quantitative estimate of drug-likeness (QED) is 0.814. The Morgan fingerprint density at radius 3 is 2.60 bits per heavy atom. The number of para-hydroxylation sites is 1. The average Bonchev–Trinajstić information content (AvgIpc) is 2.56. The molecule has 1 atom stereocenters. The summed E-state index contributed by atoms with van der Waals surface area (Å²) in [6.07, 6.45) is 6.79. The molecule has 0 aromatic heterocycles. The Morgan fingerprint density at radius 1 is 1.10 bits per heavy atom. The number of ether oxygens (including phenoxy) is 1. The van der Waals surface area contributed by atoms with Crippen LogP contribution >= 0.6 is 0 Å². The van der Waals surface area contributed by atoms with Crippen LogP contribution in [-0.2, 0) is 5.54 Å². The van der Waals surface area contributed by atoms with Gasteiger partial charge in [-0.05, 0) is 43.6 Å². The molecule has 0 saturated heterocycles. The van der Waals surface area contributed by atoms with E-state index < -0.39 is 0 Å². The molecule has 20 heavy (non-hydrogen) atoms. The largest absolute Gasteiger partial charge is 0.493 e. The van der Waals surface area contributed by atoms with Gasteiger partial charge in [0.25, 0.3) is 0 Å². The summed E-state index contributed by atoms with van der Waals surface area (Å²) < 4.78 is 5.92. The summed E-state index contributed by atoms with van der Waals surface area (Å²) in [6.45, 7) is 7.62. The topological polar surface area (TPSA) is 35.2 Å². The molecule has 2 rings (SSSR count). The smallest absolute Gasteiger partial charge is 0.124 e. The van der Waals surface area contributed by atoms with Crippen LogP contribution < -0.4 is 10.5 Å². The zero-order valence-electron chi connectivity index (χ0n) is 13.2. The summed E-state index contributed by atoms with van der Waals surface area (Å²) in [5.74, 6) is 0.983. The number of hydrogen-bond donors (Lipinski definition) is 1. The monoisotopic (exact) mass is 275 g/mol. The summed E-state index contributed by atoms with van der Waals surface area (Å²) in [5, 5.41) is 0. The van der Waals surface area contributed by atoms with Gasteiger partial charge < -0.3 is 10.5 Å². The number of rotatable bonds is 4. The second-order valence-corrected chi connectivity index (χ2v) is 7.02. The normalized spacial score (nSPS) is 26.0. The molecular weight excluding hydrogens is 246 g/mol. The predicted octanol–water partition coefficient (Wildman–Crippen LogP) is 4.62. The lowest BCUT2D eigenvalue weighted by molar-refractivity contribution is 0.282. The second-order valence-electron chi connectivity index (χ2n) is 7.02. The van der Waals surface area contributed by atoms with E-state index in [0.29, 0.717) is 5.41 Å². The van der Waals surface area contributed by atoms with Gasteiger partial charge in [0.05, 0.1) is 6.61 Å². The van der Waals surface area contributed by atoms with Gasteiger partial charge in [0.1, 0.15) is 5.75 Å². The molecule has 0 bridgehead atoms. The van der Waals surface area contributed by atoms with Crippen LogP contribution in [0.2, 0.25) is 0 Å². The van der Waals surface area contributed by atoms with Crippen LogP contribution in [0, 0.1) is 5.41 Å². The van der Waals surface area contributed by atoms with Gasteiger partial charge in [-0.1, -0.05) is 45.4 Å². The molecule has 0 aliphatic heterocycles. The van der Waals surface area contributed by atoms with Crippen molar-refractivity contribution in [3.63, 3.8) is 0 Å². The van der Waals surface area contributed by atoms with E-state index in [0.717, 1.165) is 31.6 Å². The summed E-state index contributed by atoms with van der Waals surface area (Å²) in [5.41, 5.74) is 8.19. The van der Waals surface area contributed by atoms with Crippen molar-refractivity contribution in [1.29, 1.82) is 0 Å². The minimum Gasteiger partial charge on any atom is -0.493 e. The third-order valence-corrected chi connectivity index (χ3v) is 4.61. The number of hydrogen-bond acceptors (Lipinski definition) is 2. The molecule has 1 aliphatic rings. The Balaban J connectivity index is 2.24. The summed E-state index contributed by atoms with van der Waals surface area (Å²) in [7, 11) is 0. The molecule has 0 amide bonds. The van der Waals surface area contributed by atoms with Gasteiger partial charge in [0, 0.05) is 11.1 Å². The van der Waals surface area contributed by atoms with E-state index in [4.69, 9.17) is 10.5 Å². The summed E-state index contributed by atoms with van der Waals surface area (Å²) >= 11 is 0. The van der Waals surface area contributed by atoms with Gasteiger partial charge in [-0.15, -0.1) is 0 Å². The standard InChI is InChI=1S/C18H29NO/c1-4-14-20-16-9-6-5-8-15(16)18(19)11-7-10-17(2,3)12-13-18/h5-6,8-9H,4,7,10-14,19H2,1-3H3. The van der Waals surface area contributed by atoms with Crippen LogP contribution in [0.3, 0.4) is 0 Å². The summed E-state index contributed by atoms with van der Waals surface area (Å²) in [4.78, 5) is 0. The highest BCUT2D eigenvalue weighted by molar-refractivity contribution is 5.39. The van der Waals surface area contributed by atoms with Gasteiger partial charge in [-0.3, -0.25) is 0 Å². The van der Waals surface area contributed by atoms with Crippen LogP contribution in [-0.4, -0.2) is 6.61 Å². The van der Waals surface area contributed by atoms with E-state index in [9.17, 15) is 0 Å². The van der Waals surface area contributed by atoms with Crippen molar-refractivity contribution >= 4 is 0 Å². The van der Waals surface area contributed by atoms with Gasteiger partial charge in [-0.25, -0.2) is 0 Å². The number of nitrogens with two attached hydrogens (primary N) is 1. The lowest BCUT2D eigenvalue weighted by Crippen LogP contribution is -2.36. The lowest BCUT2D eigenvalue weighted by Gasteiger charge is -2.31. The Hall–Kier alpha value is -1.02. The lowest BCUT2D eigenvalue weighted by atomic mass is 9.81. The molecule has 1 saturated carbocycles. The third kappa shape index (κ3) is 3.54. The SMILES string of the molecule is CCCOc1ccccc1C1(N)CCCC(C)(C)CC1. The minimum absolute atomic E-state index is 0.224. The van der Waals surface area contributed by atoms with Gasteiger partial charge >= 0.3 is 0 Å². The van der Waals surface area contributed by atoms with Crippen molar-refractivity contribution in [2.24, 2.45) is 11.1 Å². The highest BCUT2D eigenvalue weighted by Gasteiger charge is 2.35. The first-order chi connectivity index (χ1) is 9.47. The van der Waals surface area contributed by atoms with Gasteiger partial charge in [0.2, 0.25) is 0 Å². The fourth-order valence-corrected chi connectivity index (χ4v) is 3.18. The predicted molar refractivity (Wildman–Crippen MR) is 85.0 cm³/mol. The second kappa shape index (κ2) is 6.17. The molecule has 1 aromatic carbocycles. The maximum absolute atomic E-state index is 6.79. The molecule has 1 aromatic rings. The van der Waals surface area contributed by atoms with Gasteiger partial charge in [0.15, 0.2) is 0 Å². The molecule has 1 unspecified atom stereocenters. The fourth-order valence-electron chi connectivity index (χ4n) is 3.18. The van der Waals surface area contributed by atoms with Crippen molar-refractivity contribution in [1.82, 2.24) is 0 Å². The molecule has 1 aliphatic carbocycles. The Bertz CT molecular complexity index is 441. The first-order valence-electron chi connectivity index (χ1n) is 7.98. The first kappa shape index (κ1) is 15.4. The molecular formula is C18H29NO. The van der Waals surface area contributed by atoms with Crippen molar-refractivity contribution in [2.45, 2.75) is 64.8 Å². The molecule has 0 spiro atoms. The highest BCUT2D eigenvalue weighted by atomic mass is 16.5. The maximum atomic E-state index is 6.79. The van der Waals surface area contributed by atoms with E-state index in [1.165, 1.54) is 24.8 Å². The zero-order valence-corrected chi connectivity index (χ0v) is 13.2. The van der Waals surface area contributed by atoms with E-state index in [1.54, 1.807) is 0 Å². The molecule has 0 heterocycles. The fraction of sp³-hybridized carbons (Fsp3) is 0.667. The van der Waals surface area contributed by atoms with Crippen LogP contribution in [0.15, 0.2) is 24.3 Å². The molecule has 2 nitrogen and oxygen atoms in total. The van der Waals surface area contributed by atoms with Crippen LogP contribution in [0.25, 0.3) is 0 Å². The van der Waals surface area contributed by atoms with E-state index in [-0.39, 0.29) is 5.54 Å². The minimum atomic E-state index is -0.224. The third-order valence-electron chi connectivity index (χ3n) is 4.61.